The zero-order valence-electron chi connectivity index (χ0n) is 5.23. The summed E-state index contributed by atoms with van der Waals surface area (Å²) in [5.41, 5.74) is 0. The van der Waals surface area contributed by atoms with Gasteiger partial charge in [0.15, 0.2) is 0 Å². The molecule has 0 aromatic heterocycles. The molecule has 0 unspecified atom stereocenters. The number of hydrogen-bond acceptors (Lipinski definition) is 2. The molecule has 0 aromatic carbocycles. The van der Waals surface area contributed by atoms with Crippen LogP contribution in [0.2, 0.25) is 6.55 Å². The van der Waals surface area contributed by atoms with Crippen LogP contribution in [-0.4, -0.2) is 15.7 Å². The summed E-state index contributed by atoms with van der Waals surface area (Å²) in [6, 6.07) is 0. The van der Waals surface area contributed by atoms with Crippen molar-refractivity contribution >= 4 is 15.7 Å². The number of carbonyl (C=O) groups is 1. The summed E-state index contributed by atoms with van der Waals surface area (Å²) >= 11 is 0. The Bertz CT molecular complexity index is 64.8. The first-order chi connectivity index (χ1) is 3.81. The largest absolute Gasteiger partial charge is 0.517 e. The summed E-state index contributed by atoms with van der Waals surface area (Å²) in [6.07, 6.45) is 1.43. The van der Waals surface area contributed by atoms with Crippen LogP contribution in [0.25, 0.3) is 0 Å². The molecule has 0 aliphatic carbocycles. The van der Waals surface area contributed by atoms with Crippen molar-refractivity contribution in [2.24, 2.45) is 0 Å². The molecule has 0 aliphatic rings. The van der Waals surface area contributed by atoms with Crippen LogP contribution in [0, 0.1) is 0 Å². The molecule has 2 nitrogen and oxygen atoms in total. The summed E-state index contributed by atoms with van der Waals surface area (Å²) in [6.45, 7) is 3.80. The molecule has 0 atom stereocenters. The molecule has 0 aromatic rings. The van der Waals surface area contributed by atoms with Gasteiger partial charge in [-0.2, -0.15) is 0 Å². The van der Waals surface area contributed by atoms with E-state index in [1.807, 2.05) is 13.5 Å². The molecule has 0 bridgehead atoms. The first-order valence-electron chi connectivity index (χ1n) is 2.67. The van der Waals surface area contributed by atoms with Gasteiger partial charge in [-0.05, 0) is 13.0 Å². The molecule has 3 heteroatoms. The average Bonchev–Trinajstić information content (AvgIpc) is 1.68. The van der Waals surface area contributed by atoms with E-state index in [1.165, 1.54) is 0 Å². The third-order valence-electron chi connectivity index (χ3n) is 0.670. The fourth-order valence-electron chi connectivity index (χ4n) is 0.369. The summed E-state index contributed by atoms with van der Waals surface area (Å²) in [4.78, 5) is 10.4. The van der Waals surface area contributed by atoms with E-state index in [1.54, 1.807) is 0 Å². The van der Waals surface area contributed by atoms with Gasteiger partial charge in [-0.25, -0.2) is 0 Å². The lowest BCUT2D eigenvalue weighted by atomic mass is 10.4. The van der Waals surface area contributed by atoms with Crippen molar-refractivity contribution in [3.8, 4) is 0 Å². The highest BCUT2D eigenvalue weighted by atomic mass is 28.2. The summed E-state index contributed by atoms with van der Waals surface area (Å²) in [7, 11) is 0.298. The predicted molar refractivity (Wildman–Crippen MR) is 32.6 cm³/mol. The molecular weight excluding hydrogens is 120 g/mol. The van der Waals surface area contributed by atoms with Crippen LogP contribution in [0.5, 0.6) is 0 Å². The maximum atomic E-state index is 10.4. The van der Waals surface area contributed by atoms with Crippen LogP contribution >= 0.6 is 0 Å². The average molecular weight is 130 g/mol. The van der Waals surface area contributed by atoms with E-state index < -0.39 is 0 Å². The lowest BCUT2D eigenvalue weighted by Gasteiger charge is -1.95. The third kappa shape index (κ3) is 3.86. The lowest BCUT2D eigenvalue weighted by Crippen LogP contribution is -2.04. The molecule has 46 valence electrons. The van der Waals surface area contributed by atoms with Gasteiger partial charge in [-0.3, -0.25) is 4.79 Å². The van der Waals surface area contributed by atoms with Crippen LogP contribution in [0.4, 0.5) is 0 Å². The Morgan fingerprint density at radius 3 is 2.75 bits per heavy atom. The van der Waals surface area contributed by atoms with Gasteiger partial charge < -0.3 is 4.43 Å². The Balaban J connectivity index is 3.06. The normalized spacial score (nSPS) is 8.75. The van der Waals surface area contributed by atoms with Gasteiger partial charge in [0.25, 0.3) is 5.97 Å². The minimum absolute atomic E-state index is 0.0756. The van der Waals surface area contributed by atoms with Gasteiger partial charge in [0.2, 0.25) is 0 Å². The van der Waals surface area contributed by atoms with Crippen LogP contribution in [-0.2, 0) is 9.22 Å². The van der Waals surface area contributed by atoms with Gasteiger partial charge in [0.05, 0.1) is 0 Å². The molecule has 0 amide bonds. The Kier molecular flexibility index (Phi) is 4.65. The van der Waals surface area contributed by atoms with Crippen molar-refractivity contribution in [3.63, 3.8) is 0 Å². The number of hydrogen-bond donors (Lipinski definition) is 0. The van der Waals surface area contributed by atoms with Crippen molar-refractivity contribution in [2.45, 2.75) is 26.3 Å². The molecule has 0 aliphatic heterocycles. The number of rotatable bonds is 3. The van der Waals surface area contributed by atoms with Gasteiger partial charge in [-0.15, -0.1) is 0 Å². The van der Waals surface area contributed by atoms with Crippen LogP contribution in [0.3, 0.4) is 0 Å². The van der Waals surface area contributed by atoms with Crippen molar-refractivity contribution in [2.75, 3.05) is 0 Å². The molecule has 0 N–H and O–H groups in total. The fraction of sp³-hybridized carbons (Fsp3) is 0.800. The molecule has 0 saturated heterocycles. The van der Waals surface area contributed by atoms with Crippen molar-refractivity contribution in [3.05, 3.63) is 0 Å². The lowest BCUT2D eigenvalue weighted by molar-refractivity contribution is -0.134. The van der Waals surface area contributed by atoms with Crippen LogP contribution < -0.4 is 0 Å². The Hall–Kier alpha value is -0.313. The Morgan fingerprint density at radius 1 is 1.75 bits per heavy atom. The standard InChI is InChI=1S/C5H10O2Si/c1-3-4-5(6)7-8-2/h3-4H2,1-2H3. The van der Waals surface area contributed by atoms with E-state index in [4.69, 9.17) is 0 Å². The van der Waals surface area contributed by atoms with E-state index in [0.29, 0.717) is 16.2 Å². The van der Waals surface area contributed by atoms with E-state index in [0.717, 1.165) is 6.42 Å². The predicted octanol–water partition coefficient (Wildman–Crippen LogP) is 0.997. The molecule has 0 saturated carbocycles. The highest BCUT2D eigenvalue weighted by Crippen LogP contribution is 1.88. The van der Waals surface area contributed by atoms with Crippen molar-refractivity contribution in [1.29, 1.82) is 0 Å². The number of carbonyl (C=O) groups excluding carboxylic acids is 1. The smallest absolute Gasteiger partial charge is 0.311 e. The first kappa shape index (κ1) is 7.69. The van der Waals surface area contributed by atoms with Gasteiger partial charge in [0, 0.05) is 6.42 Å². The SMILES string of the molecule is CCCC(=O)O[Si]C. The quantitative estimate of drug-likeness (QED) is 0.533. The maximum Gasteiger partial charge on any atom is 0.311 e. The molecular formula is C5H10O2Si. The third-order valence-corrected chi connectivity index (χ3v) is 1.10. The topological polar surface area (TPSA) is 26.3 Å². The maximum absolute atomic E-state index is 10.4. The van der Waals surface area contributed by atoms with Crippen molar-refractivity contribution in [1.82, 2.24) is 0 Å². The first-order valence-corrected chi connectivity index (χ1v) is 4.08. The van der Waals surface area contributed by atoms with Crippen LogP contribution in [0.15, 0.2) is 0 Å². The highest BCUT2D eigenvalue weighted by molar-refractivity contribution is 6.28. The monoisotopic (exact) mass is 130 g/mol. The fourth-order valence-corrected chi connectivity index (χ4v) is 0.699. The van der Waals surface area contributed by atoms with Gasteiger partial charge >= 0.3 is 9.76 Å². The molecule has 0 spiro atoms. The highest BCUT2D eigenvalue weighted by Gasteiger charge is 1.96. The molecule has 0 rings (SSSR count). The summed E-state index contributed by atoms with van der Waals surface area (Å²) < 4.78 is 4.67. The van der Waals surface area contributed by atoms with Crippen LogP contribution in [0.1, 0.15) is 19.8 Å². The second kappa shape index (κ2) is 4.84. The molecule has 0 fully saturated rings. The minimum Gasteiger partial charge on any atom is -0.517 e. The molecule has 2 radical (unpaired) electrons. The van der Waals surface area contributed by atoms with E-state index in [2.05, 4.69) is 4.43 Å². The van der Waals surface area contributed by atoms with Crippen molar-refractivity contribution < 1.29 is 9.22 Å². The Labute approximate surface area is 52.2 Å². The zero-order valence-corrected chi connectivity index (χ0v) is 6.23. The van der Waals surface area contributed by atoms with E-state index in [9.17, 15) is 4.79 Å². The van der Waals surface area contributed by atoms with E-state index in [-0.39, 0.29) is 5.97 Å². The summed E-state index contributed by atoms with van der Waals surface area (Å²) in [5, 5.41) is 0. The van der Waals surface area contributed by atoms with Gasteiger partial charge in [-0.1, -0.05) is 6.92 Å². The minimum atomic E-state index is -0.0756. The second-order valence-electron chi connectivity index (χ2n) is 1.43. The Morgan fingerprint density at radius 2 is 2.38 bits per heavy atom. The van der Waals surface area contributed by atoms with Gasteiger partial charge in [0.1, 0.15) is 0 Å². The van der Waals surface area contributed by atoms with E-state index >= 15 is 0 Å². The molecule has 0 heterocycles. The molecule has 8 heavy (non-hydrogen) atoms. The summed E-state index contributed by atoms with van der Waals surface area (Å²) in [5.74, 6) is -0.0756. The second-order valence-corrected chi connectivity index (χ2v) is 2.04. The zero-order chi connectivity index (χ0) is 6.41.